The van der Waals surface area contributed by atoms with Crippen molar-refractivity contribution in [3.8, 4) is 0 Å². The molecule has 1 atom stereocenters. The minimum atomic E-state index is -0.845. The molecule has 2 aromatic rings. The van der Waals surface area contributed by atoms with Gasteiger partial charge in [-0.3, -0.25) is 39.7 Å². The third kappa shape index (κ3) is 5.70. The zero-order valence-corrected chi connectivity index (χ0v) is 18.0. The van der Waals surface area contributed by atoms with E-state index in [2.05, 4.69) is 10.7 Å². The van der Waals surface area contributed by atoms with Crippen LogP contribution in [0.2, 0.25) is 0 Å². The van der Waals surface area contributed by atoms with Gasteiger partial charge in [0.1, 0.15) is 0 Å². The topological polar surface area (TPSA) is 148 Å². The van der Waals surface area contributed by atoms with Gasteiger partial charge in [-0.1, -0.05) is 24.3 Å². The number of rotatable bonds is 7. The van der Waals surface area contributed by atoms with Crippen molar-refractivity contribution in [2.24, 2.45) is 5.92 Å². The molecular weight excluding hydrogens is 432 g/mol. The van der Waals surface area contributed by atoms with Gasteiger partial charge in [0.25, 0.3) is 17.5 Å². The van der Waals surface area contributed by atoms with E-state index in [0.717, 1.165) is 10.6 Å². The lowest BCUT2D eigenvalue weighted by Gasteiger charge is -2.18. The highest BCUT2D eigenvalue weighted by Gasteiger charge is 2.36. The zero-order valence-electron chi connectivity index (χ0n) is 18.0. The van der Waals surface area contributed by atoms with Crippen LogP contribution in [0.25, 0.3) is 0 Å². The van der Waals surface area contributed by atoms with E-state index < -0.39 is 41.1 Å². The van der Waals surface area contributed by atoms with E-state index in [-0.39, 0.29) is 24.3 Å². The Labute approximate surface area is 188 Å². The average molecular weight is 454 g/mol. The number of nitrogens with one attached hydrogen (secondary N) is 2. The van der Waals surface area contributed by atoms with Crippen LogP contribution in [0.3, 0.4) is 0 Å². The highest BCUT2D eigenvalue weighted by molar-refractivity contribution is 5.98. The summed E-state index contributed by atoms with van der Waals surface area (Å²) in [5, 5.41) is 14.5. The standard InChI is InChI=1S/C22H22N4O7/c1-13-5-3-4-6-17(13)21(29)24-25-11-15(9-20(25)28)22(30)33-12-19(27)23-16-8-7-14(2)18(10-16)26(31)32/h3-8,10,15H,9,11-12H2,1-2H3,(H,23,27)(H,24,29)/t15-/m0/s1. The Kier molecular flexibility index (Phi) is 7.01. The van der Waals surface area contributed by atoms with E-state index in [9.17, 15) is 29.3 Å². The number of nitro benzene ring substituents is 1. The fourth-order valence-corrected chi connectivity index (χ4v) is 3.32. The molecule has 11 heteroatoms. The number of nitrogens with zero attached hydrogens (tertiary/aromatic N) is 2. The Hall–Kier alpha value is -4.28. The first-order valence-corrected chi connectivity index (χ1v) is 10.0. The molecule has 3 rings (SSSR count). The summed E-state index contributed by atoms with van der Waals surface area (Å²) in [5.41, 5.74) is 4.11. The number of benzene rings is 2. The maximum absolute atomic E-state index is 12.4. The van der Waals surface area contributed by atoms with Crippen molar-refractivity contribution in [1.82, 2.24) is 10.4 Å². The summed E-state index contributed by atoms with van der Waals surface area (Å²) in [4.78, 5) is 59.4. The van der Waals surface area contributed by atoms with Crippen LogP contribution in [-0.4, -0.2) is 46.8 Å². The van der Waals surface area contributed by atoms with E-state index in [1.807, 2.05) is 0 Å². The van der Waals surface area contributed by atoms with E-state index in [0.29, 0.717) is 11.1 Å². The number of aryl methyl sites for hydroxylation is 2. The van der Waals surface area contributed by atoms with Crippen molar-refractivity contribution in [2.45, 2.75) is 20.3 Å². The first-order chi connectivity index (χ1) is 15.7. The van der Waals surface area contributed by atoms with Gasteiger partial charge in [-0.2, -0.15) is 0 Å². The molecule has 1 aliphatic heterocycles. The first kappa shape index (κ1) is 23.4. The second-order valence-corrected chi connectivity index (χ2v) is 7.58. The predicted molar refractivity (Wildman–Crippen MR) is 116 cm³/mol. The van der Waals surface area contributed by atoms with Gasteiger partial charge < -0.3 is 10.1 Å². The molecular formula is C22H22N4O7. The van der Waals surface area contributed by atoms with Gasteiger partial charge in [0, 0.05) is 29.3 Å². The number of carbonyl (C=O) groups is 4. The van der Waals surface area contributed by atoms with Gasteiger partial charge in [-0.05, 0) is 31.5 Å². The highest BCUT2D eigenvalue weighted by atomic mass is 16.6. The summed E-state index contributed by atoms with van der Waals surface area (Å²) >= 11 is 0. The Morgan fingerprint density at radius 3 is 2.58 bits per heavy atom. The summed E-state index contributed by atoms with van der Waals surface area (Å²) in [6, 6.07) is 11.1. The van der Waals surface area contributed by atoms with Crippen molar-refractivity contribution in [3.63, 3.8) is 0 Å². The summed E-state index contributed by atoms with van der Waals surface area (Å²) in [6.07, 6.45) is -0.168. The summed E-state index contributed by atoms with van der Waals surface area (Å²) in [5.74, 6) is -3.21. The molecule has 11 nitrogen and oxygen atoms in total. The summed E-state index contributed by atoms with van der Waals surface area (Å²) < 4.78 is 4.99. The SMILES string of the molecule is Cc1ccccc1C(=O)NN1C[C@@H](C(=O)OCC(=O)Nc2ccc(C)c([N+](=O)[O-])c2)CC1=O. The van der Waals surface area contributed by atoms with Crippen molar-refractivity contribution < 1.29 is 28.8 Å². The van der Waals surface area contributed by atoms with Gasteiger partial charge in [0.2, 0.25) is 5.91 Å². The van der Waals surface area contributed by atoms with E-state index in [1.165, 1.54) is 18.2 Å². The quantitative estimate of drug-likeness (QED) is 0.369. The van der Waals surface area contributed by atoms with Crippen molar-refractivity contribution in [1.29, 1.82) is 0 Å². The lowest BCUT2D eigenvalue weighted by atomic mass is 10.1. The Balaban J connectivity index is 1.51. The number of hydrazine groups is 1. The molecule has 1 heterocycles. The summed E-state index contributed by atoms with van der Waals surface area (Å²) in [6.45, 7) is 2.63. The molecule has 0 bridgehead atoms. The average Bonchev–Trinajstić information content (AvgIpc) is 3.13. The van der Waals surface area contributed by atoms with E-state index in [4.69, 9.17) is 4.74 Å². The van der Waals surface area contributed by atoms with Gasteiger partial charge in [-0.25, -0.2) is 0 Å². The molecule has 0 radical (unpaired) electrons. The van der Waals surface area contributed by atoms with Crippen molar-refractivity contribution in [3.05, 3.63) is 69.3 Å². The second-order valence-electron chi connectivity index (χ2n) is 7.58. The smallest absolute Gasteiger partial charge is 0.311 e. The van der Waals surface area contributed by atoms with Crippen LogP contribution in [0.15, 0.2) is 42.5 Å². The fraction of sp³-hybridized carbons (Fsp3) is 0.273. The number of esters is 1. The monoisotopic (exact) mass is 454 g/mol. The maximum atomic E-state index is 12.4. The number of ether oxygens (including phenoxy) is 1. The molecule has 172 valence electrons. The molecule has 33 heavy (non-hydrogen) atoms. The largest absolute Gasteiger partial charge is 0.455 e. The van der Waals surface area contributed by atoms with Crippen LogP contribution in [0.5, 0.6) is 0 Å². The number of anilines is 1. The van der Waals surface area contributed by atoms with Crippen LogP contribution >= 0.6 is 0 Å². The lowest BCUT2D eigenvalue weighted by molar-refractivity contribution is -0.385. The molecule has 1 aliphatic rings. The highest BCUT2D eigenvalue weighted by Crippen LogP contribution is 2.22. The molecule has 1 fully saturated rings. The number of nitro groups is 1. The number of carbonyl (C=O) groups excluding carboxylic acids is 4. The molecule has 0 unspecified atom stereocenters. The fourth-order valence-electron chi connectivity index (χ4n) is 3.32. The summed E-state index contributed by atoms with van der Waals surface area (Å²) in [7, 11) is 0. The van der Waals surface area contributed by atoms with E-state index in [1.54, 1.807) is 38.1 Å². The Bertz CT molecular complexity index is 1130. The number of hydrogen-bond donors (Lipinski definition) is 2. The third-order valence-corrected chi connectivity index (χ3v) is 5.12. The molecule has 0 aliphatic carbocycles. The number of amides is 3. The Morgan fingerprint density at radius 1 is 1.15 bits per heavy atom. The first-order valence-electron chi connectivity index (χ1n) is 10.0. The minimum Gasteiger partial charge on any atom is -0.455 e. The van der Waals surface area contributed by atoms with Crippen molar-refractivity contribution >= 4 is 35.1 Å². The zero-order chi connectivity index (χ0) is 24.1. The van der Waals surface area contributed by atoms with Crippen LogP contribution < -0.4 is 10.7 Å². The van der Waals surface area contributed by atoms with Crippen LogP contribution in [-0.2, 0) is 19.1 Å². The van der Waals surface area contributed by atoms with Crippen LogP contribution in [0.1, 0.15) is 27.9 Å². The molecule has 0 spiro atoms. The van der Waals surface area contributed by atoms with Crippen LogP contribution in [0.4, 0.5) is 11.4 Å². The molecule has 2 aromatic carbocycles. The molecule has 0 saturated carbocycles. The third-order valence-electron chi connectivity index (χ3n) is 5.12. The molecule has 0 aromatic heterocycles. The minimum absolute atomic E-state index is 0.0823. The van der Waals surface area contributed by atoms with Gasteiger partial charge in [0.15, 0.2) is 6.61 Å². The maximum Gasteiger partial charge on any atom is 0.311 e. The van der Waals surface area contributed by atoms with E-state index >= 15 is 0 Å². The van der Waals surface area contributed by atoms with Gasteiger partial charge in [0.05, 0.1) is 17.4 Å². The van der Waals surface area contributed by atoms with Gasteiger partial charge >= 0.3 is 5.97 Å². The lowest BCUT2D eigenvalue weighted by Crippen LogP contribution is -2.43. The Morgan fingerprint density at radius 2 is 1.88 bits per heavy atom. The second kappa shape index (κ2) is 9.90. The van der Waals surface area contributed by atoms with Crippen LogP contribution in [0, 0.1) is 29.9 Å². The van der Waals surface area contributed by atoms with Crippen molar-refractivity contribution in [2.75, 3.05) is 18.5 Å². The number of hydrogen-bond acceptors (Lipinski definition) is 7. The molecule has 2 N–H and O–H groups in total. The molecule has 1 saturated heterocycles. The normalized spacial score (nSPS) is 15.2. The van der Waals surface area contributed by atoms with Gasteiger partial charge in [-0.15, -0.1) is 0 Å². The molecule has 3 amide bonds. The predicted octanol–water partition coefficient (Wildman–Crippen LogP) is 1.89.